The van der Waals surface area contributed by atoms with Gasteiger partial charge >= 0.3 is 0 Å². The maximum atomic E-state index is 12.5. The maximum Gasteiger partial charge on any atom is 0.263 e. The number of rotatable bonds is 2. The van der Waals surface area contributed by atoms with Crippen LogP contribution in [-0.2, 0) is 5.54 Å². The molecule has 8 nitrogen and oxygen atoms in total. The second-order valence-corrected chi connectivity index (χ2v) is 7.61. The van der Waals surface area contributed by atoms with Crippen LogP contribution in [0.1, 0.15) is 45.4 Å². The van der Waals surface area contributed by atoms with Crippen molar-refractivity contribution in [2.45, 2.75) is 45.1 Å². The second-order valence-electron chi connectivity index (χ2n) is 7.61. The SMILES string of the molecule is CC(C)(C)n1ncc2c(=O)[nH]c(N3CCCC(c4ncc[nH]4)C3)nc21. The lowest BCUT2D eigenvalue weighted by molar-refractivity contribution is 0.365. The summed E-state index contributed by atoms with van der Waals surface area (Å²) in [5.74, 6) is 1.92. The number of hydrogen-bond acceptors (Lipinski definition) is 5. The quantitative estimate of drug-likeness (QED) is 0.743. The Morgan fingerprint density at radius 2 is 2.16 bits per heavy atom. The van der Waals surface area contributed by atoms with Gasteiger partial charge in [-0.25, -0.2) is 9.67 Å². The minimum Gasteiger partial charge on any atom is -0.348 e. The molecule has 0 aliphatic carbocycles. The van der Waals surface area contributed by atoms with E-state index in [1.54, 1.807) is 12.4 Å². The molecule has 8 heteroatoms. The average Bonchev–Trinajstić information content (AvgIpc) is 3.24. The third-order valence-corrected chi connectivity index (χ3v) is 4.69. The molecule has 132 valence electrons. The normalized spacial score (nSPS) is 18.8. The number of piperidine rings is 1. The highest BCUT2D eigenvalue weighted by molar-refractivity contribution is 5.74. The van der Waals surface area contributed by atoms with E-state index in [-0.39, 0.29) is 11.1 Å². The summed E-state index contributed by atoms with van der Waals surface area (Å²) < 4.78 is 1.81. The molecule has 1 saturated heterocycles. The number of nitrogens with one attached hydrogen (secondary N) is 2. The highest BCUT2D eigenvalue weighted by Crippen LogP contribution is 2.27. The van der Waals surface area contributed by atoms with Crippen molar-refractivity contribution in [2.75, 3.05) is 18.0 Å². The fourth-order valence-corrected chi connectivity index (χ4v) is 3.44. The average molecular weight is 341 g/mol. The summed E-state index contributed by atoms with van der Waals surface area (Å²) >= 11 is 0. The van der Waals surface area contributed by atoms with Crippen LogP contribution in [0.3, 0.4) is 0 Å². The smallest absolute Gasteiger partial charge is 0.263 e. The van der Waals surface area contributed by atoms with Gasteiger partial charge in [0.25, 0.3) is 5.56 Å². The molecular formula is C17H23N7O. The molecule has 0 saturated carbocycles. The first-order chi connectivity index (χ1) is 11.9. The van der Waals surface area contributed by atoms with Crippen LogP contribution in [0.15, 0.2) is 23.4 Å². The Hall–Kier alpha value is -2.64. The summed E-state index contributed by atoms with van der Waals surface area (Å²) in [5.41, 5.74) is 0.250. The van der Waals surface area contributed by atoms with Gasteiger partial charge in [-0.2, -0.15) is 10.1 Å². The zero-order valence-corrected chi connectivity index (χ0v) is 14.8. The van der Waals surface area contributed by atoms with Crippen molar-refractivity contribution < 1.29 is 0 Å². The van der Waals surface area contributed by atoms with Gasteiger partial charge in [-0.15, -0.1) is 0 Å². The lowest BCUT2D eigenvalue weighted by Crippen LogP contribution is -2.37. The molecule has 1 aliphatic rings. The van der Waals surface area contributed by atoms with Crippen molar-refractivity contribution in [1.82, 2.24) is 29.7 Å². The van der Waals surface area contributed by atoms with Crippen molar-refractivity contribution in [2.24, 2.45) is 0 Å². The first-order valence-corrected chi connectivity index (χ1v) is 8.66. The Bertz CT molecular complexity index is 932. The largest absolute Gasteiger partial charge is 0.348 e. The predicted molar refractivity (Wildman–Crippen MR) is 95.9 cm³/mol. The van der Waals surface area contributed by atoms with Crippen LogP contribution in [0, 0.1) is 0 Å². The van der Waals surface area contributed by atoms with Crippen molar-refractivity contribution in [1.29, 1.82) is 0 Å². The number of imidazole rings is 1. The summed E-state index contributed by atoms with van der Waals surface area (Å²) in [4.78, 5) is 29.9. The fourth-order valence-electron chi connectivity index (χ4n) is 3.44. The first kappa shape index (κ1) is 15.9. The van der Waals surface area contributed by atoms with E-state index in [0.29, 0.717) is 22.9 Å². The molecule has 4 rings (SSSR count). The van der Waals surface area contributed by atoms with Gasteiger partial charge < -0.3 is 9.88 Å². The molecule has 1 unspecified atom stereocenters. The number of aromatic amines is 2. The van der Waals surface area contributed by atoms with E-state index in [1.165, 1.54) is 0 Å². The summed E-state index contributed by atoms with van der Waals surface area (Å²) in [5, 5.41) is 4.90. The van der Waals surface area contributed by atoms with Gasteiger partial charge in [0.1, 0.15) is 11.2 Å². The van der Waals surface area contributed by atoms with Crippen LogP contribution in [0.5, 0.6) is 0 Å². The Kier molecular flexibility index (Phi) is 3.63. The van der Waals surface area contributed by atoms with E-state index >= 15 is 0 Å². The summed E-state index contributed by atoms with van der Waals surface area (Å²) in [6.45, 7) is 7.81. The highest BCUT2D eigenvalue weighted by Gasteiger charge is 2.26. The molecule has 1 fully saturated rings. The molecular weight excluding hydrogens is 318 g/mol. The predicted octanol–water partition coefficient (Wildman–Crippen LogP) is 1.98. The molecule has 1 aliphatic heterocycles. The zero-order chi connectivity index (χ0) is 17.6. The minimum atomic E-state index is -0.238. The molecule has 0 aromatic carbocycles. The molecule has 1 atom stereocenters. The van der Waals surface area contributed by atoms with E-state index in [2.05, 4.69) is 45.7 Å². The van der Waals surface area contributed by atoms with Crippen LogP contribution >= 0.6 is 0 Å². The first-order valence-electron chi connectivity index (χ1n) is 8.66. The molecule has 4 heterocycles. The zero-order valence-electron chi connectivity index (χ0n) is 14.8. The number of anilines is 1. The molecule has 0 spiro atoms. The Balaban J connectivity index is 1.72. The second kappa shape index (κ2) is 5.72. The van der Waals surface area contributed by atoms with E-state index in [1.807, 2.05) is 10.9 Å². The summed E-state index contributed by atoms with van der Waals surface area (Å²) in [6.07, 6.45) is 7.34. The molecule has 0 radical (unpaired) electrons. The van der Waals surface area contributed by atoms with Crippen LogP contribution in [0.4, 0.5) is 5.95 Å². The molecule has 3 aromatic rings. The number of H-pyrrole nitrogens is 2. The van der Waals surface area contributed by atoms with Crippen LogP contribution in [-0.4, -0.2) is 42.8 Å². The highest BCUT2D eigenvalue weighted by atomic mass is 16.1. The number of aromatic nitrogens is 6. The van der Waals surface area contributed by atoms with Gasteiger partial charge in [-0.05, 0) is 33.6 Å². The molecule has 25 heavy (non-hydrogen) atoms. The van der Waals surface area contributed by atoms with Crippen LogP contribution < -0.4 is 10.5 Å². The monoisotopic (exact) mass is 341 g/mol. The van der Waals surface area contributed by atoms with Crippen molar-refractivity contribution >= 4 is 17.0 Å². The summed E-state index contributed by atoms with van der Waals surface area (Å²) in [6, 6.07) is 0. The van der Waals surface area contributed by atoms with E-state index in [9.17, 15) is 4.79 Å². The van der Waals surface area contributed by atoms with E-state index < -0.39 is 0 Å². The Morgan fingerprint density at radius 1 is 1.32 bits per heavy atom. The lowest BCUT2D eigenvalue weighted by atomic mass is 9.98. The maximum absolute atomic E-state index is 12.5. The molecule has 3 aromatic heterocycles. The van der Waals surface area contributed by atoms with Gasteiger partial charge in [-0.1, -0.05) is 0 Å². The third kappa shape index (κ3) is 2.81. The van der Waals surface area contributed by atoms with Crippen LogP contribution in [0.2, 0.25) is 0 Å². The van der Waals surface area contributed by atoms with Gasteiger partial charge in [-0.3, -0.25) is 9.78 Å². The van der Waals surface area contributed by atoms with Crippen molar-refractivity contribution in [3.8, 4) is 0 Å². The van der Waals surface area contributed by atoms with Crippen molar-refractivity contribution in [3.05, 3.63) is 34.8 Å². The number of nitrogens with zero attached hydrogens (tertiary/aromatic N) is 5. The fraction of sp³-hybridized carbons (Fsp3) is 0.529. The third-order valence-electron chi connectivity index (χ3n) is 4.69. The number of hydrogen-bond donors (Lipinski definition) is 2. The minimum absolute atomic E-state index is 0.143. The van der Waals surface area contributed by atoms with Gasteiger partial charge in [0, 0.05) is 31.4 Å². The summed E-state index contributed by atoms with van der Waals surface area (Å²) in [7, 11) is 0. The lowest BCUT2D eigenvalue weighted by Gasteiger charge is -2.32. The number of fused-ring (bicyclic) bond motifs is 1. The Morgan fingerprint density at radius 3 is 2.88 bits per heavy atom. The van der Waals surface area contributed by atoms with Gasteiger partial charge in [0.2, 0.25) is 5.95 Å². The molecule has 0 amide bonds. The molecule has 2 N–H and O–H groups in total. The van der Waals surface area contributed by atoms with Gasteiger partial charge in [0.05, 0.1) is 11.7 Å². The molecule has 0 bridgehead atoms. The van der Waals surface area contributed by atoms with Gasteiger partial charge in [0.15, 0.2) is 5.65 Å². The Labute approximate surface area is 145 Å². The van der Waals surface area contributed by atoms with E-state index in [0.717, 1.165) is 31.8 Å². The standard InChI is InChI=1S/C17H23N7O/c1-17(2,3)24-14-12(9-20-24)15(25)22-16(21-14)23-8-4-5-11(10-23)13-18-6-7-19-13/h6-7,9,11H,4-5,8,10H2,1-3H3,(H,18,19)(H,21,22,25). The van der Waals surface area contributed by atoms with Crippen molar-refractivity contribution in [3.63, 3.8) is 0 Å². The van der Waals surface area contributed by atoms with E-state index in [4.69, 9.17) is 4.98 Å². The van der Waals surface area contributed by atoms with Crippen LogP contribution in [0.25, 0.3) is 11.0 Å². The topological polar surface area (TPSA) is 95.5 Å².